The summed E-state index contributed by atoms with van der Waals surface area (Å²) >= 11 is 0. The molecule has 2 atom stereocenters. The van der Waals surface area contributed by atoms with Crippen LogP contribution in [0.15, 0.2) is 0 Å². The van der Waals surface area contributed by atoms with Crippen molar-refractivity contribution in [3.63, 3.8) is 0 Å². The number of piperazine rings is 1. The van der Waals surface area contributed by atoms with E-state index in [1.165, 1.54) is 0 Å². The van der Waals surface area contributed by atoms with Gasteiger partial charge < -0.3 is 5.32 Å². The van der Waals surface area contributed by atoms with Crippen molar-refractivity contribution in [1.29, 1.82) is 0 Å². The van der Waals surface area contributed by atoms with Crippen LogP contribution in [0.25, 0.3) is 0 Å². The van der Waals surface area contributed by atoms with E-state index in [0.29, 0.717) is 17.9 Å². The van der Waals surface area contributed by atoms with Gasteiger partial charge in [0.05, 0.1) is 6.42 Å². The highest BCUT2D eigenvalue weighted by Crippen LogP contribution is 2.24. The van der Waals surface area contributed by atoms with Gasteiger partial charge in [-0.05, 0) is 18.3 Å². The van der Waals surface area contributed by atoms with Crippen molar-refractivity contribution in [3.05, 3.63) is 0 Å². The summed E-state index contributed by atoms with van der Waals surface area (Å²) < 4.78 is 37.2. The van der Waals surface area contributed by atoms with Crippen LogP contribution < -0.4 is 5.32 Å². The summed E-state index contributed by atoms with van der Waals surface area (Å²) in [6.45, 7) is 10.1. The van der Waals surface area contributed by atoms with Gasteiger partial charge in [0.1, 0.15) is 0 Å². The molecule has 1 saturated heterocycles. The van der Waals surface area contributed by atoms with Gasteiger partial charge in [-0.25, -0.2) is 0 Å². The third kappa shape index (κ3) is 6.13. The number of nitrogens with one attached hydrogen (secondary N) is 1. The molecule has 1 fully saturated rings. The van der Waals surface area contributed by atoms with Gasteiger partial charge in [0.2, 0.25) is 0 Å². The summed E-state index contributed by atoms with van der Waals surface area (Å²) in [5.74, 6) is 0.943. The number of rotatable bonds is 5. The molecule has 0 aliphatic carbocycles. The molecular weight excluding hydrogens is 253 g/mol. The first-order valence-electron chi connectivity index (χ1n) is 7.23. The van der Waals surface area contributed by atoms with Gasteiger partial charge in [0.15, 0.2) is 0 Å². The van der Waals surface area contributed by atoms with Crippen molar-refractivity contribution in [2.24, 2.45) is 11.8 Å². The van der Waals surface area contributed by atoms with Crippen LogP contribution in [0.5, 0.6) is 0 Å². The smallest absolute Gasteiger partial charge is 0.311 e. The van der Waals surface area contributed by atoms with Gasteiger partial charge in [0.25, 0.3) is 0 Å². The number of hydrogen-bond acceptors (Lipinski definition) is 2. The van der Waals surface area contributed by atoms with Crippen molar-refractivity contribution in [1.82, 2.24) is 10.2 Å². The van der Waals surface area contributed by atoms with Gasteiger partial charge >= 0.3 is 6.18 Å². The second-order valence-corrected chi connectivity index (χ2v) is 6.41. The maximum atomic E-state index is 12.4. The Labute approximate surface area is 114 Å². The first-order valence-corrected chi connectivity index (χ1v) is 7.23. The molecule has 0 bridgehead atoms. The van der Waals surface area contributed by atoms with Crippen LogP contribution in [0.2, 0.25) is 0 Å². The Hall–Kier alpha value is -0.290. The maximum Gasteiger partial charge on any atom is 0.390 e. The fraction of sp³-hybridized carbons (Fsp3) is 1.00. The van der Waals surface area contributed by atoms with Gasteiger partial charge in [-0.1, -0.05) is 27.7 Å². The SMILES string of the molecule is CC(C)CC1CN(CCC(F)(F)F)C(C(C)C)CN1. The number of halogens is 3. The first-order chi connectivity index (χ1) is 8.69. The number of hydrogen-bond donors (Lipinski definition) is 1. The normalized spacial score (nSPS) is 26.4. The molecular formula is C14H27F3N2. The van der Waals surface area contributed by atoms with Crippen LogP contribution in [-0.4, -0.2) is 42.8 Å². The van der Waals surface area contributed by atoms with Crippen LogP contribution >= 0.6 is 0 Å². The number of nitrogens with zero attached hydrogens (tertiary/aromatic N) is 1. The molecule has 0 aromatic heterocycles. The lowest BCUT2D eigenvalue weighted by Gasteiger charge is -2.43. The van der Waals surface area contributed by atoms with Gasteiger partial charge in [-0.3, -0.25) is 4.90 Å². The zero-order valence-electron chi connectivity index (χ0n) is 12.4. The molecule has 0 aromatic carbocycles. The average molecular weight is 280 g/mol. The molecule has 1 heterocycles. The Balaban J connectivity index is 2.57. The second kappa shape index (κ2) is 6.93. The van der Waals surface area contributed by atoms with Crippen LogP contribution in [0.3, 0.4) is 0 Å². The van der Waals surface area contributed by atoms with E-state index in [1.807, 2.05) is 4.90 Å². The molecule has 2 nitrogen and oxygen atoms in total. The molecule has 1 aliphatic heterocycles. The van der Waals surface area contributed by atoms with E-state index in [2.05, 4.69) is 33.0 Å². The largest absolute Gasteiger partial charge is 0.390 e. The Morgan fingerprint density at radius 2 is 1.84 bits per heavy atom. The fourth-order valence-corrected chi connectivity index (χ4v) is 2.81. The van der Waals surface area contributed by atoms with Crippen molar-refractivity contribution < 1.29 is 13.2 Å². The molecule has 5 heteroatoms. The summed E-state index contributed by atoms with van der Waals surface area (Å²) in [4.78, 5) is 2.03. The molecule has 19 heavy (non-hydrogen) atoms. The Morgan fingerprint density at radius 3 is 2.32 bits per heavy atom. The summed E-state index contributed by atoms with van der Waals surface area (Å²) in [6.07, 6.45) is -3.74. The molecule has 1 aliphatic rings. The average Bonchev–Trinajstić information content (AvgIpc) is 2.24. The molecule has 0 spiro atoms. The third-order valence-corrected chi connectivity index (χ3v) is 3.75. The van der Waals surface area contributed by atoms with Crippen LogP contribution in [0, 0.1) is 11.8 Å². The minimum Gasteiger partial charge on any atom is -0.311 e. The third-order valence-electron chi connectivity index (χ3n) is 3.75. The molecule has 0 radical (unpaired) electrons. The summed E-state index contributed by atoms with van der Waals surface area (Å²) in [5, 5.41) is 3.49. The van der Waals surface area contributed by atoms with Crippen LogP contribution in [0.4, 0.5) is 13.2 Å². The molecule has 114 valence electrons. The highest BCUT2D eigenvalue weighted by atomic mass is 19.4. The van der Waals surface area contributed by atoms with Crippen LogP contribution in [-0.2, 0) is 0 Å². The predicted molar refractivity (Wildman–Crippen MR) is 72.1 cm³/mol. The lowest BCUT2D eigenvalue weighted by molar-refractivity contribution is -0.140. The first kappa shape index (κ1) is 16.8. The summed E-state index contributed by atoms with van der Waals surface area (Å²) in [6, 6.07) is 0.536. The molecule has 0 saturated carbocycles. The van der Waals surface area contributed by atoms with E-state index >= 15 is 0 Å². The quantitative estimate of drug-likeness (QED) is 0.831. The summed E-state index contributed by atoms with van der Waals surface area (Å²) in [7, 11) is 0. The predicted octanol–water partition coefficient (Wildman–Crippen LogP) is 3.28. The van der Waals surface area contributed by atoms with E-state index < -0.39 is 12.6 Å². The fourth-order valence-electron chi connectivity index (χ4n) is 2.81. The minimum absolute atomic E-state index is 0.128. The highest BCUT2D eigenvalue weighted by molar-refractivity contribution is 4.88. The van der Waals surface area contributed by atoms with Gasteiger partial charge in [0, 0.05) is 31.7 Å². The standard InChI is InChI=1S/C14H27F3N2/c1-10(2)7-12-9-19(6-5-14(15,16)17)13(8-18-12)11(3)4/h10-13,18H,5-9H2,1-4H3. The zero-order valence-corrected chi connectivity index (χ0v) is 12.4. The van der Waals surface area contributed by atoms with Crippen LogP contribution in [0.1, 0.15) is 40.5 Å². The van der Waals surface area contributed by atoms with Crippen molar-refractivity contribution in [2.75, 3.05) is 19.6 Å². The zero-order chi connectivity index (χ0) is 14.6. The Morgan fingerprint density at radius 1 is 1.21 bits per heavy atom. The van der Waals surface area contributed by atoms with E-state index in [4.69, 9.17) is 0 Å². The van der Waals surface area contributed by atoms with E-state index in [-0.39, 0.29) is 12.6 Å². The Bertz CT molecular complexity index is 264. The molecule has 0 amide bonds. The molecule has 2 unspecified atom stereocenters. The van der Waals surface area contributed by atoms with E-state index in [0.717, 1.165) is 19.5 Å². The Kier molecular flexibility index (Phi) is 6.12. The molecule has 1 N–H and O–H groups in total. The van der Waals surface area contributed by atoms with Crippen molar-refractivity contribution in [3.8, 4) is 0 Å². The molecule has 1 rings (SSSR count). The van der Waals surface area contributed by atoms with E-state index in [9.17, 15) is 13.2 Å². The maximum absolute atomic E-state index is 12.4. The minimum atomic E-state index is -4.06. The summed E-state index contributed by atoms with van der Waals surface area (Å²) in [5.41, 5.74) is 0. The van der Waals surface area contributed by atoms with Crippen molar-refractivity contribution >= 4 is 0 Å². The highest BCUT2D eigenvalue weighted by Gasteiger charge is 2.34. The molecule has 0 aromatic rings. The lowest BCUT2D eigenvalue weighted by Crippen LogP contribution is -2.58. The van der Waals surface area contributed by atoms with Gasteiger partial charge in [-0.2, -0.15) is 13.2 Å². The lowest BCUT2D eigenvalue weighted by atomic mass is 9.95. The van der Waals surface area contributed by atoms with E-state index in [1.54, 1.807) is 0 Å². The number of alkyl halides is 3. The topological polar surface area (TPSA) is 15.3 Å². The monoisotopic (exact) mass is 280 g/mol. The van der Waals surface area contributed by atoms with Gasteiger partial charge in [-0.15, -0.1) is 0 Å². The second-order valence-electron chi connectivity index (χ2n) is 6.41. The van der Waals surface area contributed by atoms with Crippen molar-refractivity contribution in [2.45, 2.75) is 58.8 Å².